The average Bonchev–Trinajstić information content (AvgIpc) is 3.44. The average molecular weight is 390 g/mol. The SMILES string of the molecule is O=C(NC1CC1)c1ccccc1OC1CN(Cc2ccc(C(F)(F)F)cc2)C1. The Morgan fingerprint density at radius 2 is 1.75 bits per heavy atom. The van der Waals surface area contributed by atoms with Crippen LogP contribution in [0.4, 0.5) is 13.2 Å². The monoisotopic (exact) mass is 390 g/mol. The Bertz CT molecular complexity index is 841. The van der Waals surface area contributed by atoms with Gasteiger partial charge in [-0.25, -0.2) is 0 Å². The topological polar surface area (TPSA) is 41.6 Å². The van der Waals surface area contributed by atoms with Crippen LogP contribution in [-0.4, -0.2) is 36.0 Å². The van der Waals surface area contributed by atoms with Crippen LogP contribution < -0.4 is 10.1 Å². The maximum Gasteiger partial charge on any atom is 0.416 e. The lowest BCUT2D eigenvalue weighted by atomic mass is 10.1. The number of carbonyl (C=O) groups excluding carboxylic acids is 1. The standard InChI is InChI=1S/C21H21F3N2O2/c22-21(23,24)15-7-5-14(6-8-15)11-26-12-17(13-26)28-19-4-2-1-3-18(19)20(27)25-16-9-10-16/h1-8,16-17H,9-13H2,(H,25,27). The van der Waals surface area contributed by atoms with Crippen LogP contribution >= 0.6 is 0 Å². The number of alkyl halides is 3. The molecule has 28 heavy (non-hydrogen) atoms. The Hall–Kier alpha value is -2.54. The molecule has 2 fully saturated rings. The number of carbonyl (C=O) groups is 1. The Morgan fingerprint density at radius 3 is 2.39 bits per heavy atom. The van der Waals surface area contributed by atoms with E-state index in [1.807, 2.05) is 12.1 Å². The first kappa shape index (κ1) is 18.8. The van der Waals surface area contributed by atoms with Gasteiger partial charge in [0.1, 0.15) is 11.9 Å². The highest BCUT2D eigenvalue weighted by atomic mass is 19.4. The summed E-state index contributed by atoms with van der Waals surface area (Å²) in [5, 5.41) is 2.97. The van der Waals surface area contributed by atoms with E-state index in [4.69, 9.17) is 4.74 Å². The summed E-state index contributed by atoms with van der Waals surface area (Å²) < 4.78 is 43.9. The zero-order valence-corrected chi connectivity index (χ0v) is 15.2. The number of halogens is 3. The largest absolute Gasteiger partial charge is 0.487 e. The second-order valence-corrected chi connectivity index (χ2v) is 7.37. The molecule has 0 spiro atoms. The summed E-state index contributed by atoms with van der Waals surface area (Å²) in [7, 11) is 0. The molecule has 0 atom stereocenters. The number of hydrogen-bond donors (Lipinski definition) is 1. The van der Waals surface area contributed by atoms with Gasteiger partial charge in [-0.05, 0) is 42.7 Å². The third kappa shape index (κ3) is 4.47. The van der Waals surface area contributed by atoms with Gasteiger partial charge < -0.3 is 10.1 Å². The Labute approximate surface area is 161 Å². The molecule has 1 heterocycles. The molecule has 0 bridgehead atoms. The van der Waals surface area contributed by atoms with E-state index in [-0.39, 0.29) is 18.1 Å². The second-order valence-electron chi connectivity index (χ2n) is 7.37. The van der Waals surface area contributed by atoms with Crippen molar-refractivity contribution in [1.82, 2.24) is 10.2 Å². The number of para-hydroxylation sites is 1. The lowest BCUT2D eigenvalue weighted by Crippen LogP contribution is -2.53. The molecule has 4 rings (SSSR count). The summed E-state index contributed by atoms with van der Waals surface area (Å²) in [4.78, 5) is 14.4. The van der Waals surface area contributed by atoms with Gasteiger partial charge in [0.05, 0.1) is 11.1 Å². The predicted octanol–water partition coefficient (Wildman–Crippen LogP) is 3.86. The minimum absolute atomic E-state index is 0.0377. The quantitative estimate of drug-likeness (QED) is 0.815. The van der Waals surface area contributed by atoms with Gasteiger partial charge in [0.2, 0.25) is 0 Å². The van der Waals surface area contributed by atoms with Gasteiger partial charge in [-0.2, -0.15) is 13.2 Å². The Balaban J connectivity index is 1.30. The molecular weight excluding hydrogens is 369 g/mol. The summed E-state index contributed by atoms with van der Waals surface area (Å²) in [5.41, 5.74) is 0.730. The van der Waals surface area contributed by atoms with E-state index < -0.39 is 11.7 Å². The van der Waals surface area contributed by atoms with Gasteiger partial charge in [0.15, 0.2) is 0 Å². The lowest BCUT2D eigenvalue weighted by Gasteiger charge is -2.39. The molecule has 4 nitrogen and oxygen atoms in total. The maximum absolute atomic E-state index is 12.6. The number of hydrogen-bond acceptors (Lipinski definition) is 3. The summed E-state index contributed by atoms with van der Waals surface area (Å²) in [5.74, 6) is 0.457. The van der Waals surface area contributed by atoms with E-state index in [0.29, 0.717) is 30.9 Å². The minimum Gasteiger partial charge on any atom is -0.487 e. The van der Waals surface area contributed by atoms with Crippen LogP contribution in [0.5, 0.6) is 5.75 Å². The van der Waals surface area contributed by atoms with Crippen molar-refractivity contribution in [3.63, 3.8) is 0 Å². The third-order valence-corrected chi connectivity index (χ3v) is 4.95. The number of ether oxygens (including phenoxy) is 1. The smallest absolute Gasteiger partial charge is 0.416 e. The number of likely N-dealkylation sites (tertiary alicyclic amines) is 1. The maximum atomic E-state index is 12.6. The van der Waals surface area contributed by atoms with Crippen LogP contribution in [0.15, 0.2) is 48.5 Å². The molecule has 1 saturated carbocycles. The molecule has 0 radical (unpaired) electrons. The molecule has 1 amide bonds. The molecule has 0 aromatic heterocycles. The highest BCUT2D eigenvalue weighted by Crippen LogP contribution is 2.30. The normalized spacial score (nSPS) is 17.8. The van der Waals surface area contributed by atoms with Crippen LogP contribution in [0, 0.1) is 0 Å². The molecule has 1 aliphatic heterocycles. The molecule has 1 aliphatic carbocycles. The number of nitrogens with zero attached hydrogens (tertiary/aromatic N) is 1. The molecular formula is C21H21F3N2O2. The molecule has 148 valence electrons. The van der Waals surface area contributed by atoms with Gasteiger partial charge in [-0.1, -0.05) is 24.3 Å². The Kier molecular flexibility index (Phi) is 5.02. The second kappa shape index (κ2) is 7.47. The van der Waals surface area contributed by atoms with Gasteiger partial charge in [0, 0.05) is 25.7 Å². The molecule has 2 aromatic carbocycles. The first-order valence-corrected chi connectivity index (χ1v) is 9.33. The number of amides is 1. The highest BCUT2D eigenvalue weighted by molar-refractivity contribution is 5.97. The third-order valence-electron chi connectivity index (χ3n) is 4.95. The fraction of sp³-hybridized carbons (Fsp3) is 0.381. The molecule has 2 aromatic rings. The van der Waals surface area contributed by atoms with E-state index in [1.54, 1.807) is 12.1 Å². The fourth-order valence-corrected chi connectivity index (χ4v) is 3.21. The van der Waals surface area contributed by atoms with Crippen LogP contribution in [-0.2, 0) is 12.7 Å². The number of benzene rings is 2. The van der Waals surface area contributed by atoms with E-state index in [0.717, 1.165) is 30.5 Å². The van der Waals surface area contributed by atoms with Crippen molar-refractivity contribution in [2.75, 3.05) is 13.1 Å². The summed E-state index contributed by atoms with van der Waals surface area (Å²) in [6, 6.07) is 12.7. The highest BCUT2D eigenvalue weighted by Gasteiger charge is 2.32. The van der Waals surface area contributed by atoms with Crippen molar-refractivity contribution in [3.8, 4) is 5.75 Å². The van der Waals surface area contributed by atoms with E-state index >= 15 is 0 Å². The fourth-order valence-electron chi connectivity index (χ4n) is 3.21. The zero-order chi connectivity index (χ0) is 19.7. The van der Waals surface area contributed by atoms with Crippen LogP contribution in [0.3, 0.4) is 0 Å². The number of nitrogens with one attached hydrogen (secondary N) is 1. The van der Waals surface area contributed by atoms with Crippen molar-refractivity contribution >= 4 is 5.91 Å². The van der Waals surface area contributed by atoms with Crippen LogP contribution in [0.1, 0.15) is 34.3 Å². The van der Waals surface area contributed by atoms with Crippen molar-refractivity contribution in [2.45, 2.75) is 37.7 Å². The lowest BCUT2D eigenvalue weighted by molar-refractivity contribution is -0.137. The summed E-state index contributed by atoms with van der Waals surface area (Å²) >= 11 is 0. The van der Waals surface area contributed by atoms with Crippen molar-refractivity contribution in [1.29, 1.82) is 0 Å². The molecule has 1 saturated heterocycles. The van der Waals surface area contributed by atoms with E-state index in [2.05, 4.69) is 10.2 Å². The van der Waals surface area contributed by atoms with Gasteiger partial charge in [0.25, 0.3) is 5.91 Å². The molecule has 2 aliphatic rings. The van der Waals surface area contributed by atoms with Crippen molar-refractivity contribution < 1.29 is 22.7 Å². The van der Waals surface area contributed by atoms with Gasteiger partial charge in [-0.15, -0.1) is 0 Å². The van der Waals surface area contributed by atoms with E-state index in [9.17, 15) is 18.0 Å². The van der Waals surface area contributed by atoms with Crippen molar-refractivity contribution in [2.24, 2.45) is 0 Å². The molecule has 7 heteroatoms. The summed E-state index contributed by atoms with van der Waals surface area (Å²) in [6.07, 6.45) is -2.30. The van der Waals surface area contributed by atoms with Crippen molar-refractivity contribution in [3.05, 3.63) is 65.2 Å². The Morgan fingerprint density at radius 1 is 1.07 bits per heavy atom. The predicted molar refractivity (Wildman–Crippen MR) is 98.1 cm³/mol. The molecule has 0 unspecified atom stereocenters. The minimum atomic E-state index is -4.31. The van der Waals surface area contributed by atoms with Gasteiger partial charge >= 0.3 is 6.18 Å². The number of rotatable bonds is 6. The van der Waals surface area contributed by atoms with Crippen LogP contribution in [0.2, 0.25) is 0 Å². The van der Waals surface area contributed by atoms with Gasteiger partial charge in [-0.3, -0.25) is 9.69 Å². The zero-order valence-electron chi connectivity index (χ0n) is 15.2. The van der Waals surface area contributed by atoms with Crippen LogP contribution in [0.25, 0.3) is 0 Å². The van der Waals surface area contributed by atoms with E-state index in [1.165, 1.54) is 12.1 Å². The first-order valence-electron chi connectivity index (χ1n) is 9.33. The molecule has 1 N–H and O–H groups in total. The summed E-state index contributed by atoms with van der Waals surface area (Å²) in [6.45, 7) is 1.90. The first-order chi connectivity index (χ1) is 13.4.